The molecule has 2 heterocycles. The Morgan fingerprint density at radius 2 is 1.83 bits per heavy atom. The van der Waals surface area contributed by atoms with E-state index >= 15 is 0 Å². The number of piperidine rings is 1. The molecule has 5 heteroatoms. The Balaban J connectivity index is 1.63. The van der Waals surface area contributed by atoms with E-state index in [0.29, 0.717) is 6.42 Å². The van der Waals surface area contributed by atoms with Gasteiger partial charge in [0.25, 0.3) is 0 Å². The van der Waals surface area contributed by atoms with Gasteiger partial charge in [0, 0.05) is 38.6 Å². The number of nitrogens with one attached hydrogen (secondary N) is 1. The summed E-state index contributed by atoms with van der Waals surface area (Å²) in [5, 5.41) is 12.0. The van der Waals surface area contributed by atoms with Crippen molar-refractivity contribution in [1.82, 2.24) is 15.1 Å². The standard InChI is InChI=1S/C13H25N3O2/c17-13(18)2-1-7-15-8-3-12(4-9-15)16-10-5-14-6-11-16/h12,14H,1-11H2,(H,17,18). The smallest absolute Gasteiger partial charge is 0.303 e. The zero-order chi connectivity index (χ0) is 12.8. The van der Waals surface area contributed by atoms with Crippen LogP contribution in [0.2, 0.25) is 0 Å². The second-order valence-corrected chi connectivity index (χ2v) is 5.36. The summed E-state index contributed by atoms with van der Waals surface area (Å²) in [5.41, 5.74) is 0. The van der Waals surface area contributed by atoms with Gasteiger partial charge in [-0.15, -0.1) is 0 Å². The van der Waals surface area contributed by atoms with Crippen molar-refractivity contribution in [2.45, 2.75) is 31.7 Å². The van der Waals surface area contributed by atoms with Crippen molar-refractivity contribution in [3.63, 3.8) is 0 Å². The molecule has 2 aliphatic heterocycles. The average molecular weight is 255 g/mol. The van der Waals surface area contributed by atoms with Crippen LogP contribution < -0.4 is 5.32 Å². The number of carboxylic acid groups (broad SMARTS) is 1. The van der Waals surface area contributed by atoms with Crippen LogP contribution >= 0.6 is 0 Å². The minimum absolute atomic E-state index is 0.303. The second kappa shape index (κ2) is 7.07. The number of rotatable bonds is 5. The third kappa shape index (κ3) is 4.23. The highest BCUT2D eigenvalue weighted by molar-refractivity contribution is 5.66. The van der Waals surface area contributed by atoms with Crippen LogP contribution in [0.1, 0.15) is 25.7 Å². The Labute approximate surface area is 109 Å². The second-order valence-electron chi connectivity index (χ2n) is 5.36. The maximum absolute atomic E-state index is 10.5. The van der Waals surface area contributed by atoms with E-state index in [9.17, 15) is 4.79 Å². The van der Waals surface area contributed by atoms with Gasteiger partial charge in [-0.05, 0) is 38.9 Å². The predicted octanol–water partition coefficient (Wildman–Crippen LogP) is 0.221. The molecule has 2 aliphatic rings. The maximum Gasteiger partial charge on any atom is 0.303 e. The first-order valence-corrected chi connectivity index (χ1v) is 7.14. The molecule has 0 saturated carbocycles. The van der Waals surface area contributed by atoms with Gasteiger partial charge in [0.05, 0.1) is 0 Å². The molecule has 0 bridgehead atoms. The lowest BCUT2D eigenvalue weighted by Crippen LogP contribution is -2.52. The molecular formula is C13H25N3O2. The molecule has 2 N–H and O–H groups in total. The zero-order valence-corrected chi connectivity index (χ0v) is 11.1. The lowest BCUT2D eigenvalue weighted by molar-refractivity contribution is -0.137. The van der Waals surface area contributed by atoms with Crippen LogP contribution in [0.25, 0.3) is 0 Å². The van der Waals surface area contributed by atoms with Crippen LogP contribution in [0.4, 0.5) is 0 Å². The zero-order valence-electron chi connectivity index (χ0n) is 11.1. The minimum atomic E-state index is -0.675. The molecule has 5 nitrogen and oxygen atoms in total. The highest BCUT2D eigenvalue weighted by atomic mass is 16.4. The van der Waals surface area contributed by atoms with Crippen molar-refractivity contribution in [3.05, 3.63) is 0 Å². The summed E-state index contributed by atoms with van der Waals surface area (Å²) < 4.78 is 0. The highest BCUT2D eigenvalue weighted by Crippen LogP contribution is 2.17. The molecule has 2 fully saturated rings. The van der Waals surface area contributed by atoms with E-state index in [1.807, 2.05) is 0 Å². The summed E-state index contributed by atoms with van der Waals surface area (Å²) in [6.45, 7) is 7.83. The van der Waals surface area contributed by atoms with Crippen molar-refractivity contribution in [2.24, 2.45) is 0 Å². The Bertz CT molecular complexity index is 259. The third-order valence-corrected chi connectivity index (χ3v) is 4.09. The topological polar surface area (TPSA) is 55.8 Å². The largest absolute Gasteiger partial charge is 0.481 e. The van der Waals surface area contributed by atoms with Crippen LogP contribution in [0.3, 0.4) is 0 Å². The van der Waals surface area contributed by atoms with E-state index in [2.05, 4.69) is 15.1 Å². The number of likely N-dealkylation sites (tertiary alicyclic amines) is 1. The van der Waals surface area contributed by atoms with Crippen molar-refractivity contribution in [3.8, 4) is 0 Å². The maximum atomic E-state index is 10.5. The molecule has 0 atom stereocenters. The fraction of sp³-hybridized carbons (Fsp3) is 0.923. The molecule has 0 unspecified atom stereocenters. The summed E-state index contributed by atoms with van der Waals surface area (Å²) >= 11 is 0. The first-order chi connectivity index (χ1) is 8.75. The van der Waals surface area contributed by atoms with Gasteiger partial charge < -0.3 is 15.3 Å². The quantitative estimate of drug-likeness (QED) is 0.736. The molecule has 0 radical (unpaired) electrons. The number of aliphatic carboxylic acids is 1. The molecular weight excluding hydrogens is 230 g/mol. The van der Waals surface area contributed by atoms with E-state index in [1.165, 1.54) is 25.9 Å². The van der Waals surface area contributed by atoms with Gasteiger partial charge in [-0.25, -0.2) is 0 Å². The lowest BCUT2D eigenvalue weighted by atomic mass is 10.0. The molecule has 0 spiro atoms. The van der Waals surface area contributed by atoms with E-state index in [1.54, 1.807) is 0 Å². The molecule has 0 aliphatic carbocycles. The van der Waals surface area contributed by atoms with Gasteiger partial charge in [0.1, 0.15) is 0 Å². The Morgan fingerprint density at radius 1 is 1.17 bits per heavy atom. The number of piperazine rings is 1. The SMILES string of the molecule is O=C(O)CCCN1CCC(N2CCNCC2)CC1. The molecule has 0 amide bonds. The lowest BCUT2D eigenvalue weighted by Gasteiger charge is -2.40. The van der Waals surface area contributed by atoms with Crippen LogP contribution in [-0.2, 0) is 4.79 Å². The van der Waals surface area contributed by atoms with E-state index in [0.717, 1.165) is 45.2 Å². The summed E-state index contributed by atoms with van der Waals surface area (Å²) in [7, 11) is 0. The molecule has 2 saturated heterocycles. The number of carboxylic acids is 1. The molecule has 18 heavy (non-hydrogen) atoms. The third-order valence-electron chi connectivity index (χ3n) is 4.09. The van der Waals surface area contributed by atoms with Gasteiger partial charge in [0.2, 0.25) is 0 Å². The number of carbonyl (C=O) groups is 1. The van der Waals surface area contributed by atoms with Gasteiger partial charge in [-0.1, -0.05) is 0 Å². The van der Waals surface area contributed by atoms with Crippen molar-refractivity contribution < 1.29 is 9.90 Å². The van der Waals surface area contributed by atoms with Gasteiger partial charge >= 0.3 is 5.97 Å². The van der Waals surface area contributed by atoms with Gasteiger partial charge in [0.15, 0.2) is 0 Å². The van der Waals surface area contributed by atoms with Crippen molar-refractivity contribution in [2.75, 3.05) is 45.8 Å². The predicted molar refractivity (Wildman–Crippen MR) is 70.8 cm³/mol. The summed E-state index contributed by atoms with van der Waals surface area (Å²) in [5.74, 6) is -0.675. The number of hydrogen-bond donors (Lipinski definition) is 2. The van der Waals surface area contributed by atoms with Gasteiger partial charge in [-0.2, -0.15) is 0 Å². The highest BCUT2D eigenvalue weighted by Gasteiger charge is 2.25. The fourth-order valence-corrected chi connectivity index (χ4v) is 3.01. The Morgan fingerprint density at radius 3 is 2.44 bits per heavy atom. The summed E-state index contributed by atoms with van der Waals surface area (Å²) in [6.07, 6.45) is 3.57. The first-order valence-electron chi connectivity index (χ1n) is 7.14. The Hall–Kier alpha value is -0.650. The molecule has 2 rings (SSSR count). The van der Waals surface area contributed by atoms with E-state index in [-0.39, 0.29) is 0 Å². The van der Waals surface area contributed by atoms with Crippen LogP contribution in [-0.4, -0.2) is 72.7 Å². The Kier molecular flexibility index (Phi) is 5.41. The van der Waals surface area contributed by atoms with Gasteiger partial charge in [-0.3, -0.25) is 9.69 Å². The first kappa shape index (κ1) is 13.8. The molecule has 104 valence electrons. The fourth-order valence-electron chi connectivity index (χ4n) is 3.01. The van der Waals surface area contributed by atoms with Crippen molar-refractivity contribution in [1.29, 1.82) is 0 Å². The normalized spacial score (nSPS) is 24.2. The van der Waals surface area contributed by atoms with Crippen LogP contribution in [0, 0.1) is 0 Å². The average Bonchev–Trinajstić information content (AvgIpc) is 2.40. The van der Waals surface area contributed by atoms with Crippen molar-refractivity contribution >= 4 is 5.97 Å². The molecule has 0 aromatic heterocycles. The number of hydrogen-bond acceptors (Lipinski definition) is 4. The minimum Gasteiger partial charge on any atom is -0.481 e. The summed E-state index contributed by atoms with van der Waals surface area (Å²) in [6, 6.07) is 0.753. The monoisotopic (exact) mass is 255 g/mol. The molecule has 0 aromatic rings. The van der Waals surface area contributed by atoms with E-state index < -0.39 is 5.97 Å². The van der Waals surface area contributed by atoms with Crippen LogP contribution in [0.5, 0.6) is 0 Å². The van der Waals surface area contributed by atoms with Crippen LogP contribution in [0.15, 0.2) is 0 Å². The van der Waals surface area contributed by atoms with E-state index in [4.69, 9.17) is 5.11 Å². The molecule has 0 aromatic carbocycles. The summed E-state index contributed by atoms with van der Waals surface area (Å²) in [4.78, 5) is 15.5. The number of nitrogens with zero attached hydrogens (tertiary/aromatic N) is 2.